The van der Waals surface area contributed by atoms with Gasteiger partial charge in [0.1, 0.15) is 0 Å². The third kappa shape index (κ3) is 3.15. The number of nitrogens with two attached hydrogens (primary N) is 1. The van der Waals surface area contributed by atoms with Crippen LogP contribution in [0.2, 0.25) is 5.02 Å². The molecule has 2 N–H and O–H groups in total. The van der Waals surface area contributed by atoms with Gasteiger partial charge in [0.15, 0.2) is 11.6 Å². The molecule has 0 saturated heterocycles. The molecule has 126 valence electrons. The Bertz CT molecular complexity index is 615. The second-order valence-electron chi connectivity index (χ2n) is 6.29. The summed E-state index contributed by atoms with van der Waals surface area (Å²) in [6.07, 6.45) is 0.557. The van der Waals surface area contributed by atoms with E-state index in [9.17, 15) is 4.79 Å². The van der Waals surface area contributed by atoms with Gasteiger partial charge in [-0.05, 0) is 24.8 Å². The van der Waals surface area contributed by atoms with Crippen molar-refractivity contribution in [2.24, 2.45) is 16.6 Å². The van der Waals surface area contributed by atoms with E-state index in [0.717, 1.165) is 5.56 Å². The largest absolute Gasteiger partial charge is 0.468 e. The summed E-state index contributed by atoms with van der Waals surface area (Å²) in [7, 11) is 0. The minimum absolute atomic E-state index is 0.0460. The summed E-state index contributed by atoms with van der Waals surface area (Å²) in [5.74, 6) is 0.573. The van der Waals surface area contributed by atoms with Gasteiger partial charge in [-0.2, -0.15) is 0 Å². The van der Waals surface area contributed by atoms with E-state index in [2.05, 4.69) is 0 Å². The zero-order chi connectivity index (χ0) is 17.2. The highest BCUT2D eigenvalue weighted by Gasteiger charge is 2.48. The van der Waals surface area contributed by atoms with Crippen molar-refractivity contribution in [3.05, 3.63) is 34.9 Å². The Kier molecular flexibility index (Phi) is 5.48. The van der Waals surface area contributed by atoms with Gasteiger partial charge >= 0.3 is 0 Å². The number of ether oxygens (including phenoxy) is 1. The molecule has 2 rings (SSSR count). The number of rotatable bonds is 5. The molecule has 1 aliphatic rings. The monoisotopic (exact) mass is 336 g/mol. The summed E-state index contributed by atoms with van der Waals surface area (Å²) in [6.45, 7) is 7.90. The Morgan fingerprint density at radius 3 is 2.52 bits per heavy atom. The Hall–Kier alpha value is -1.39. The lowest BCUT2D eigenvalue weighted by molar-refractivity contribution is -0.134. The molecule has 0 spiro atoms. The maximum Gasteiger partial charge on any atom is 0.205 e. The second-order valence-corrected chi connectivity index (χ2v) is 6.70. The number of Topliss-reactive ketones (excluding diaryl/α,β-unsaturated/α-hetero) is 1. The number of halogens is 1. The Morgan fingerprint density at radius 1 is 1.35 bits per heavy atom. The van der Waals surface area contributed by atoms with Crippen molar-refractivity contribution in [3.8, 4) is 0 Å². The fraction of sp³-hybridized carbons (Fsp3) is 0.556. The third-order valence-corrected chi connectivity index (χ3v) is 4.80. The molecule has 1 heterocycles. The molecule has 0 saturated carbocycles. The number of hydrogen-bond donors (Lipinski definition) is 1. The van der Waals surface area contributed by atoms with Crippen LogP contribution in [0.3, 0.4) is 0 Å². The van der Waals surface area contributed by atoms with Gasteiger partial charge in [0, 0.05) is 10.6 Å². The normalized spacial score (nSPS) is 26.0. The average Bonchev–Trinajstić information content (AvgIpc) is 2.55. The molecule has 23 heavy (non-hydrogen) atoms. The highest BCUT2D eigenvalue weighted by atomic mass is 35.5. The Labute approximate surface area is 143 Å². The first kappa shape index (κ1) is 18.0. The maximum absolute atomic E-state index is 13.1. The zero-order valence-corrected chi connectivity index (χ0v) is 14.9. The Morgan fingerprint density at radius 2 is 2.00 bits per heavy atom. The van der Waals surface area contributed by atoms with Gasteiger partial charge in [0.2, 0.25) is 11.7 Å². The molecule has 1 aliphatic heterocycles. The first-order chi connectivity index (χ1) is 10.9. The molecule has 0 aliphatic carbocycles. The van der Waals surface area contributed by atoms with Crippen LogP contribution in [0.15, 0.2) is 29.3 Å². The van der Waals surface area contributed by atoms with Gasteiger partial charge in [0.05, 0.1) is 6.04 Å². The smallest absolute Gasteiger partial charge is 0.205 e. The lowest BCUT2D eigenvalue weighted by Gasteiger charge is -2.38. The van der Waals surface area contributed by atoms with Crippen LogP contribution >= 0.6 is 11.6 Å². The lowest BCUT2D eigenvalue weighted by atomic mass is 9.79. The van der Waals surface area contributed by atoms with Crippen LogP contribution in [-0.4, -0.2) is 23.8 Å². The van der Waals surface area contributed by atoms with E-state index in [1.165, 1.54) is 0 Å². The SMILES string of the molecule is CCC1OC(C(N)C(C)C)=NC(CC)(c2ccccc2Cl)C1=O. The molecule has 0 bridgehead atoms. The zero-order valence-electron chi connectivity index (χ0n) is 14.2. The topological polar surface area (TPSA) is 64.7 Å². The van der Waals surface area contributed by atoms with Gasteiger partial charge < -0.3 is 10.5 Å². The van der Waals surface area contributed by atoms with E-state index in [0.29, 0.717) is 23.8 Å². The van der Waals surface area contributed by atoms with Gasteiger partial charge in [0.25, 0.3) is 0 Å². The molecule has 1 aromatic rings. The van der Waals surface area contributed by atoms with Crippen molar-refractivity contribution in [2.75, 3.05) is 0 Å². The molecule has 0 amide bonds. The number of ketones is 1. The van der Waals surface area contributed by atoms with Crippen LogP contribution in [0, 0.1) is 5.92 Å². The minimum atomic E-state index is -1.01. The summed E-state index contributed by atoms with van der Waals surface area (Å²) >= 11 is 6.38. The van der Waals surface area contributed by atoms with Crippen LogP contribution in [0.5, 0.6) is 0 Å². The number of aliphatic imine (C=N–C) groups is 1. The molecule has 0 aromatic heterocycles. The quantitative estimate of drug-likeness (QED) is 0.891. The third-order valence-electron chi connectivity index (χ3n) is 4.47. The van der Waals surface area contributed by atoms with E-state index < -0.39 is 11.6 Å². The van der Waals surface area contributed by atoms with Crippen LogP contribution in [-0.2, 0) is 15.1 Å². The van der Waals surface area contributed by atoms with Crippen molar-refractivity contribution in [3.63, 3.8) is 0 Å². The lowest BCUT2D eigenvalue weighted by Crippen LogP contribution is -2.52. The van der Waals surface area contributed by atoms with Crippen LogP contribution < -0.4 is 5.73 Å². The van der Waals surface area contributed by atoms with Gasteiger partial charge in [-0.1, -0.05) is 57.5 Å². The van der Waals surface area contributed by atoms with Crippen molar-refractivity contribution in [1.82, 2.24) is 0 Å². The number of carbonyl (C=O) groups is 1. The summed E-state index contributed by atoms with van der Waals surface area (Å²) in [5, 5.41) is 0.542. The fourth-order valence-electron chi connectivity index (χ4n) is 2.88. The summed E-state index contributed by atoms with van der Waals surface area (Å²) < 4.78 is 5.82. The number of nitrogens with zero attached hydrogens (tertiary/aromatic N) is 1. The summed E-state index contributed by atoms with van der Waals surface area (Å²) in [6, 6.07) is 7.03. The molecule has 0 fully saturated rings. The fourth-order valence-corrected chi connectivity index (χ4v) is 3.17. The highest BCUT2D eigenvalue weighted by Crippen LogP contribution is 2.40. The Balaban J connectivity index is 2.64. The van der Waals surface area contributed by atoms with Crippen molar-refractivity contribution in [2.45, 2.75) is 58.2 Å². The van der Waals surface area contributed by atoms with Crippen LogP contribution in [0.25, 0.3) is 0 Å². The summed E-state index contributed by atoms with van der Waals surface area (Å²) in [5.41, 5.74) is 5.96. The molecule has 3 unspecified atom stereocenters. The first-order valence-electron chi connectivity index (χ1n) is 8.18. The molecule has 5 heteroatoms. The molecule has 4 nitrogen and oxygen atoms in total. The van der Waals surface area contributed by atoms with Gasteiger partial charge in [-0.3, -0.25) is 4.79 Å². The maximum atomic E-state index is 13.1. The number of carbonyl (C=O) groups excluding carboxylic acids is 1. The summed E-state index contributed by atoms with van der Waals surface area (Å²) in [4.78, 5) is 17.8. The molecule has 0 radical (unpaired) electrons. The second kappa shape index (κ2) is 7.02. The first-order valence-corrected chi connectivity index (χ1v) is 8.56. The van der Waals surface area contributed by atoms with Crippen molar-refractivity contribution < 1.29 is 9.53 Å². The van der Waals surface area contributed by atoms with Crippen LogP contribution in [0.1, 0.15) is 46.1 Å². The van der Waals surface area contributed by atoms with Crippen LogP contribution in [0.4, 0.5) is 0 Å². The minimum Gasteiger partial charge on any atom is -0.468 e. The average molecular weight is 337 g/mol. The van der Waals surface area contributed by atoms with E-state index in [-0.39, 0.29) is 17.7 Å². The van der Waals surface area contributed by atoms with Crippen molar-refractivity contribution >= 4 is 23.3 Å². The predicted octanol–water partition coefficient (Wildman–Crippen LogP) is 3.71. The van der Waals surface area contributed by atoms with E-state index in [4.69, 9.17) is 27.1 Å². The number of hydrogen-bond acceptors (Lipinski definition) is 4. The van der Waals surface area contributed by atoms with Crippen molar-refractivity contribution in [1.29, 1.82) is 0 Å². The molecular weight excluding hydrogens is 312 g/mol. The molecule has 1 aromatic carbocycles. The van der Waals surface area contributed by atoms with E-state index >= 15 is 0 Å². The molecular formula is C18H25ClN2O2. The van der Waals surface area contributed by atoms with Gasteiger partial charge in [-0.15, -0.1) is 0 Å². The predicted molar refractivity (Wildman–Crippen MR) is 93.8 cm³/mol. The van der Waals surface area contributed by atoms with Gasteiger partial charge in [-0.25, -0.2) is 4.99 Å². The highest BCUT2D eigenvalue weighted by molar-refractivity contribution is 6.32. The van der Waals surface area contributed by atoms with E-state index in [1.54, 1.807) is 6.07 Å². The van der Waals surface area contributed by atoms with E-state index in [1.807, 2.05) is 45.9 Å². The molecule has 3 atom stereocenters. The standard InChI is InChI=1S/C18H25ClN2O2/c1-5-14-16(22)18(6-2,12-9-7-8-10-13(12)19)21-17(23-14)15(20)11(3)4/h7-11,14-15H,5-6,20H2,1-4H3. The number of benzene rings is 1.